The number of hydroxylamine groups is 1. The van der Waals surface area contributed by atoms with Gasteiger partial charge in [-0.05, 0) is 40.8 Å². The number of sulfonamides is 1. The van der Waals surface area contributed by atoms with Gasteiger partial charge in [0.1, 0.15) is 6.04 Å². The van der Waals surface area contributed by atoms with Gasteiger partial charge in [-0.1, -0.05) is 103 Å². The van der Waals surface area contributed by atoms with Gasteiger partial charge in [0.05, 0.1) is 11.5 Å². The lowest BCUT2D eigenvalue weighted by atomic mass is 10.1. The van der Waals surface area contributed by atoms with Crippen LogP contribution < -0.4 is 10.2 Å². The monoisotopic (exact) mass is 486 g/mol. The fourth-order valence-corrected chi connectivity index (χ4v) is 4.78. The first-order valence-corrected chi connectivity index (χ1v) is 12.7. The number of rotatable bonds is 10. The number of carbonyl (C=O) groups is 1. The second kappa shape index (κ2) is 11.6. The SMILES string of the molecule is O=C(NOCc1ccccc1)[C@@H](Cc1ccccc1)NS(=O)(=O)c1ccc(-c2ccccc2)cc1. The lowest BCUT2D eigenvalue weighted by Gasteiger charge is -2.19. The molecule has 4 aromatic rings. The van der Waals surface area contributed by atoms with Crippen molar-refractivity contribution in [2.75, 3.05) is 0 Å². The van der Waals surface area contributed by atoms with Gasteiger partial charge in [-0.2, -0.15) is 4.72 Å². The average Bonchev–Trinajstić information content (AvgIpc) is 2.90. The normalized spacial score (nSPS) is 12.1. The molecule has 1 amide bonds. The minimum absolute atomic E-state index is 0.0771. The molecule has 2 N–H and O–H groups in total. The third kappa shape index (κ3) is 6.86. The first-order chi connectivity index (χ1) is 17.0. The summed E-state index contributed by atoms with van der Waals surface area (Å²) in [4.78, 5) is 18.4. The highest BCUT2D eigenvalue weighted by atomic mass is 32.2. The van der Waals surface area contributed by atoms with Crippen LogP contribution in [0.1, 0.15) is 11.1 Å². The minimum Gasteiger partial charge on any atom is -0.271 e. The molecule has 0 heterocycles. The molecule has 0 bridgehead atoms. The molecule has 0 aliphatic rings. The van der Waals surface area contributed by atoms with Gasteiger partial charge in [0.15, 0.2) is 0 Å². The van der Waals surface area contributed by atoms with Crippen molar-refractivity contribution in [1.29, 1.82) is 0 Å². The summed E-state index contributed by atoms with van der Waals surface area (Å²) in [7, 11) is -3.97. The van der Waals surface area contributed by atoms with Gasteiger partial charge < -0.3 is 0 Å². The molecule has 0 aliphatic carbocycles. The Morgan fingerprint density at radius 3 is 1.80 bits per heavy atom. The molecule has 0 aliphatic heterocycles. The molecule has 35 heavy (non-hydrogen) atoms. The van der Waals surface area contributed by atoms with Crippen molar-refractivity contribution in [3.63, 3.8) is 0 Å². The van der Waals surface area contributed by atoms with Gasteiger partial charge in [0.25, 0.3) is 5.91 Å². The molecule has 0 saturated carbocycles. The summed E-state index contributed by atoms with van der Waals surface area (Å²) in [6, 6.07) is 33.8. The number of hydrogen-bond donors (Lipinski definition) is 2. The van der Waals surface area contributed by atoms with Crippen LogP contribution in [0.4, 0.5) is 0 Å². The number of benzene rings is 4. The zero-order chi connectivity index (χ0) is 24.5. The maximum Gasteiger partial charge on any atom is 0.262 e. The maximum atomic E-state index is 13.1. The van der Waals surface area contributed by atoms with E-state index in [0.29, 0.717) is 0 Å². The van der Waals surface area contributed by atoms with Crippen LogP contribution >= 0.6 is 0 Å². The topological polar surface area (TPSA) is 84.5 Å². The van der Waals surface area contributed by atoms with Crippen LogP contribution in [-0.2, 0) is 32.7 Å². The maximum absolute atomic E-state index is 13.1. The summed E-state index contributed by atoms with van der Waals surface area (Å²) >= 11 is 0. The van der Waals surface area contributed by atoms with Crippen LogP contribution in [-0.4, -0.2) is 20.4 Å². The third-order valence-electron chi connectivity index (χ3n) is 5.42. The molecule has 1 atom stereocenters. The Kier molecular flexibility index (Phi) is 8.05. The number of nitrogens with one attached hydrogen (secondary N) is 2. The van der Waals surface area contributed by atoms with Crippen LogP contribution in [0.3, 0.4) is 0 Å². The summed E-state index contributed by atoms with van der Waals surface area (Å²) in [5.41, 5.74) is 5.98. The zero-order valence-corrected chi connectivity index (χ0v) is 19.8. The van der Waals surface area contributed by atoms with Crippen molar-refractivity contribution in [3.8, 4) is 11.1 Å². The van der Waals surface area contributed by atoms with Crippen molar-refractivity contribution >= 4 is 15.9 Å². The highest BCUT2D eigenvalue weighted by Crippen LogP contribution is 2.21. The van der Waals surface area contributed by atoms with E-state index in [0.717, 1.165) is 22.3 Å². The van der Waals surface area contributed by atoms with Crippen LogP contribution in [0.15, 0.2) is 120 Å². The van der Waals surface area contributed by atoms with E-state index in [4.69, 9.17) is 4.84 Å². The summed E-state index contributed by atoms with van der Waals surface area (Å²) in [5, 5.41) is 0. The van der Waals surface area contributed by atoms with Crippen LogP contribution in [0.5, 0.6) is 0 Å². The molecule has 4 rings (SSSR count). The molecule has 0 aromatic heterocycles. The number of hydrogen-bond acceptors (Lipinski definition) is 4. The highest BCUT2D eigenvalue weighted by molar-refractivity contribution is 7.89. The Balaban J connectivity index is 1.48. The van der Waals surface area contributed by atoms with Gasteiger partial charge in [0.2, 0.25) is 10.0 Å². The quantitative estimate of drug-likeness (QED) is 0.324. The van der Waals surface area contributed by atoms with Gasteiger partial charge in [-0.25, -0.2) is 13.9 Å². The van der Waals surface area contributed by atoms with E-state index in [1.54, 1.807) is 12.1 Å². The van der Waals surface area contributed by atoms with E-state index in [-0.39, 0.29) is 17.9 Å². The van der Waals surface area contributed by atoms with E-state index in [9.17, 15) is 13.2 Å². The van der Waals surface area contributed by atoms with Gasteiger partial charge in [-0.15, -0.1) is 0 Å². The van der Waals surface area contributed by atoms with Crippen LogP contribution in [0.25, 0.3) is 11.1 Å². The summed E-state index contributed by atoms with van der Waals surface area (Å²) in [5.74, 6) is -0.575. The Labute approximate surface area is 205 Å². The Morgan fingerprint density at radius 2 is 1.20 bits per heavy atom. The summed E-state index contributed by atoms with van der Waals surface area (Å²) in [6.07, 6.45) is 0.169. The van der Waals surface area contributed by atoms with Crippen molar-refractivity contribution in [3.05, 3.63) is 126 Å². The minimum atomic E-state index is -3.97. The van der Waals surface area contributed by atoms with Gasteiger partial charge in [0, 0.05) is 0 Å². The standard InChI is InChI=1S/C28H26N2O4S/c31-28(29-34-21-23-12-6-2-7-13-23)27(20-22-10-4-1-5-11-22)30-35(32,33)26-18-16-25(17-19-26)24-14-8-3-9-15-24/h1-19,27,30H,20-21H2,(H,29,31)/t27-/m1/s1. The van der Waals surface area contributed by atoms with E-state index in [1.165, 1.54) is 12.1 Å². The molecule has 7 heteroatoms. The molecule has 0 saturated heterocycles. The molecule has 178 valence electrons. The largest absolute Gasteiger partial charge is 0.271 e. The second-order valence-corrected chi connectivity index (χ2v) is 9.71. The van der Waals surface area contributed by atoms with E-state index < -0.39 is 22.0 Å². The Hall–Kier alpha value is -3.78. The predicted molar refractivity (Wildman–Crippen MR) is 136 cm³/mol. The molecule has 0 radical (unpaired) electrons. The van der Waals surface area contributed by atoms with Gasteiger partial charge >= 0.3 is 0 Å². The Morgan fingerprint density at radius 1 is 0.686 bits per heavy atom. The Bertz CT molecular complexity index is 1330. The number of amides is 1. The van der Waals surface area contributed by atoms with E-state index in [1.807, 2.05) is 91.0 Å². The fraction of sp³-hybridized carbons (Fsp3) is 0.107. The molecule has 0 fully saturated rings. The van der Waals surface area contributed by atoms with E-state index >= 15 is 0 Å². The van der Waals surface area contributed by atoms with Crippen molar-refractivity contribution in [2.45, 2.75) is 24.0 Å². The van der Waals surface area contributed by atoms with Crippen molar-refractivity contribution < 1.29 is 18.0 Å². The average molecular weight is 487 g/mol. The first-order valence-electron chi connectivity index (χ1n) is 11.2. The van der Waals surface area contributed by atoms with Gasteiger partial charge in [-0.3, -0.25) is 9.63 Å². The van der Waals surface area contributed by atoms with E-state index in [2.05, 4.69) is 10.2 Å². The molecule has 6 nitrogen and oxygen atoms in total. The number of carbonyl (C=O) groups excluding carboxylic acids is 1. The van der Waals surface area contributed by atoms with Crippen molar-refractivity contribution in [2.24, 2.45) is 0 Å². The molecular formula is C28H26N2O4S. The van der Waals surface area contributed by atoms with Crippen LogP contribution in [0.2, 0.25) is 0 Å². The van der Waals surface area contributed by atoms with Crippen LogP contribution in [0, 0.1) is 0 Å². The molecule has 0 spiro atoms. The fourth-order valence-electron chi connectivity index (χ4n) is 3.59. The first kappa shape index (κ1) is 24.3. The zero-order valence-electron chi connectivity index (χ0n) is 19.0. The molecule has 4 aromatic carbocycles. The third-order valence-corrected chi connectivity index (χ3v) is 6.91. The van der Waals surface area contributed by atoms with Crippen molar-refractivity contribution in [1.82, 2.24) is 10.2 Å². The second-order valence-electron chi connectivity index (χ2n) is 7.99. The highest BCUT2D eigenvalue weighted by Gasteiger charge is 2.26. The molecular weight excluding hydrogens is 460 g/mol. The lowest BCUT2D eigenvalue weighted by molar-refractivity contribution is -0.136. The molecule has 0 unspecified atom stereocenters. The smallest absolute Gasteiger partial charge is 0.262 e. The lowest BCUT2D eigenvalue weighted by Crippen LogP contribution is -2.47. The summed E-state index contributed by atoms with van der Waals surface area (Å²) < 4.78 is 28.8. The summed E-state index contributed by atoms with van der Waals surface area (Å²) in [6.45, 7) is 0.165. The predicted octanol–water partition coefficient (Wildman–Crippen LogP) is 4.49.